The van der Waals surface area contributed by atoms with E-state index in [-0.39, 0.29) is 14.2 Å². The van der Waals surface area contributed by atoms with Gasteiger partial charge in [-0.1, -0.05) is 27.2 Å². The molecule has 0 N–H and O–H groups in total. The fraction of sp³-hybridized carbons (Fsp3) is 0.857. The highest BCUT2D eigenvalue weighted by molar-refractivity contribution is 5.75. The molecule has 10 heavy (non-hydrogen) atoms. The Balaban J connectivity index is -0.0000000360. The highest BCUT2D eigenvalue weighted by atomic mass is 19.0. The minimum absolute atomic E-state index is 0. The molecule has 0 spiro atoms. The van der Waals surface area contributed by atoms with Crippen LogP contribution in [0.1, 0.15) is 40.5 Å². The van der Waals surface area contributed by atoms with Gasteiger partial charge >= 0.3 is 0 Å². The fourth-order valence-electron chi connectivity index (χ4n) is 0. The molecule has 0 aliphatic heterocycles. The second-order valence-electron chi connectivity index (χ2n) is 1.76. The largest absolute Gasteiger partial charge is 0.300 e. The zero-order valence-corrected chi connectivity index (χ0v) is 7.28. The van der Waals surface area contributed by atoms with Gasteiger partial charge in [0.25, 0.3) is 1.45 Å². The molecule has 3 radical (unpaired) electrons. The first kappa shape index (κ1) is 16.3. The summed E-state index contributed by atoms with van der Waals surface area (Å²) >= 11 is 0. The third-order valence-electron chi connectivity index (χ3n) is 0.498. The van der Waals surface area contributed by atoms with Gasteiger partial charge in [-0.05, 0) is 6.92 Å². The Kier molecular flexibility index (Phi) is 38.2. The van der Waals surface area contributed by atoms with E-state index in [9.17, 15) is 4.79 Å². The summed E-state index contributed by atoms with van der Waals surface area (Å²) in [7, 11) is 0. The van der Waals surface area contributed by atoms with Crippen LogP contribution in [0.4, 0.5) is 4.72 Å². The van der Waals surface area contributed by atoms with Crippen molar-refractivity contribution in [2.75, 3.05) is 0 Å². The molecule has 0 aromatic carbocycles. The first-order chi connectivity index (χ1) is 4.68. The van der Waals surface area contributed by atoms with Crippen molar-refractivity contribution in [3.8, 4) is 0 Å². The van der Waals surface area contributed by atoms with E-state index >= 15 is 0 Å². The zero-order valence-electron chi connectivity index (χ0n) is 8.28. The van der Waals surface area contributed by atoms with Crippen LogP contribution < -0.4 is 0 Å². The number of halogens is 1. The van der Waals surface area contributed by atoms with Crippen LogP contribution in [-0.2, 0) is 4.79 Å². The second kappa shape index (κ2) is 23.4. The summed E-state index contributed by atoms with van der Waals surface area (Å²) < 4.78 is 13.0. The van der Waals surface area contributed by atoms with Crippen molar-refractivity contribution in [2.24, 2.45) is 0 Å². The zero-order chi connectivity index (χ0) is 8.99. The Bertz CT molecular complexity index is 62.4. The number of carbonyl (C=O) groups is 1. The van der Waals surface area contributed by atoms with Crippen LogP contribution in [0.5, 0.6) is 0 Å². The van der Waals surface area contributed by atoms with E-state index in [1.165, 1.54) is 6.42 Å². The topological polar surface area (TPSA) is 17.1 Å². The number of ketones is 1. The maximum atomic E-state index is 9.81. The normalized spacial score (nSPS) is 6.30. The van der Waals surface area contributed by atoms with Crippen molar-refractivity contribution >= 4 is 14.2 Å². The maximum absolute atomic E-state index is 9.81. The van der Waals surface area contributed by atoms with E-state index in [0.29, 0.717) is 6.42 Å². The van der Waals surface area contributed by atoms with E-state index in [2.05, 4.69) is 15.3 Å². The smallest absolute Gasteiger partial charge is 0.269 e. The Labute approximate surface area is 66.7 Å². The summed E-state index contributed by atoms with van der Waals surface area (Å²) in [6.45, 7) is 7.68. The molecule has 61 valence electrons. The van der Waals surface area contributed by atoms with Crippen LogP contribution in [0.3, 0.4) is 0 Å². The molecule has 0 bridgehead atoms. The minimum Gasteiger partial charge on any atom is -0.300 e. The fourth-order valence-corrected chi connectivity index (χ4v) is 0. The van der Waals surface area contributed by atoms with Crippen LogP contribution in [0.15, 0.2) is 0 Å². The van der Waals surface area contributed by atoms with Crippen LogP contribution >= 0.6 is 0 Å². The lowest BCUT2D eigenvalue weighted by Gasteiger charge is -1.71. The predicted octanol–water partition coefficient (Wildman–Crippen LogP) is 2.17. The van der Waals surface area contributed by atoms with Crippen molar-refractivity contribution in [1.82, 2.24) is 0 Å². The van der Waals surface area contributed by atoms with Crippen molar-refractivity contribution in [1.29, 1.82) is 1.45 Å². The molecule has 0 fully saturated rings. The van der Waals surface area contributed by atoms with Gasteiger partial charge < -0.3 is 4.79 Å². The molecule has 0 saturated heterocycles. The molecule has 0 saturated carbocycles. The number of rotatable bonds is 1. The number of hydrogen-bond acceptors (Lipinski definition) is 1. The molecular weight excluding hydrogens is 130 g/mol. The van der Waals surface area contributed by atoms with Gasteiger partial charge in [0.2, 0.25) is 0 Å². The molecule has 3 heteroatoms. The second-order valence-corrected chi connectivity index (χ2v) is 1.76. The van der Waals surface area contributed by atoms with Gasteiger partial charge in [0.05, 0.1) is 0 Å². The van der Waals surface area contributed by atoms with Crippen molar-refractivity contribution in [3.05, 3.63) is 0 Å². The third-order valence-corrected chi connectivity index (χ3v) is 0.498. The molecule has 0 heterocycles. The van der Waals surface area contributed by atoms with Gasteiger partial charge in [-0.3, -0.25) is 4.72 Å². The van der Waals surface area contributed by atoms with Gasteiger partial charge in [0.15, 0.2) is 0 Å². The van der Waals surface area contributed by atoms with E-state index in [1.54, 1.807) is 6.92 Å². The summed E-state index contributed by atoms with van der Waals surface area (Å²) in [6, 6.07) is 0. The van der Waals surface area contributed by atoms with Gasteiger partial charge in [0.1, 0.15) is 5.78 Å². The Morgan fingerprint density at radius 1 is 1.40 bits per heavy atom. The lowest BCUT2D eigenvalue weighted by molar-refractivity contribution is -0.116. The van der Waals surface area contributed by atoms with Crippen LogP contribution in [0.25, 0.3) is 0 Å². The summed E-state index contributed by atoms with van der Waals surface area (Å²) in [4.78, 5) is 9.81. The summed E-state index contributed by atoms with van der Waals surface area (Å²) in [6.07, 6.45) is 1.92. The molecule has 0 rings (SSSR count). The van der Waals surface area contributed by atoms with Crippen LogP contribution in [-0.4, -0.2) is 15.6 Å². The van der Waals surface area contributed by atoms with Crippen LogP contribution in [0, 0.1) is 0 Å². The van der Waals surface area contributed by atoms with E-state index < -0.39 is 0 Å². The molecular formula is C7H17BFO. The molecule has 1 nitrogen and oxygen atoms in total. The third kappa shape index (κ3) is 123. The highest BCUT2D eigenvalue weighted by Crippen LogP contribution is 1.71. The lowest BCUT2D eigenvalue weighted by atomic mass is 10.4. The quantitative estimate of drug-likeness (QED) is 0.520. The van der Waals surface area contributed by atoms with E-state index in [4.69, 9.17) is 4.72 Å². The Morgan fingerprint density at radius 2 is 1.50 bits per heavy atom. The molecule has 0 aromatic heterocycles. The first-order valence-corrected chi connectivity index (χ1v) is 3.18. The van der Waals surface area contributed by atoms with Crippen molar-refractivity contribution in [3.63, 3.8) is 0 Å². The number of Topliss-reactive ketones (excluding diaryl/α,β-unsaturated/α-hetero) is 1. The average Bonchev–Trinajstić information content (AvgIpc) is 1.94. The highest BCUT2D eigenvalue weighted by Gasteiger charge is 1.76. The minimum atomic E-state index is 0. The standard InChI is InChI=1S/C4H8O.C3H8.B.FH/c1-3-4(2)5;1-3-2;;/h3H2,1-2H3;3H2,1-2H3;;1H/i/hD. The molecule has 0 aliphatic rings. The summed E-state index contributed by atoms with van der Waals surface area (Å²) in [5, 5.41) is 0. The van der Waals surface area contributed by atoms with Gasteiger partial charge in [-0.2, -0.15) is 0 Å². The molecule has 0 aliphatic carbocycles. The Morgan fingerprint density at radius 3 is 1.50 bits per heavy atom. The SMILES string of the molecule is CCC.CCC(C)=O.[2H]F.[B]. The van der Waals surface area contributed by atoms with Crippen LogP contribution in [0.2, 0.25) is 0 Å². The molecule has 0 aromatic rings. The molecule has 0 unspecified atom stereocenters. The maximum Gasteiger partial charge on any atom is 0.269 e. The average molecular weight is 148 g/mol. The Hall–Kier alpha value is -0.335. The van der Waals surface area contributed by atoms with Gasteiger partial charge in [0, 0.05) is 14.8 Å². The van der Waals surface area contributed by atoms with Crippen molar-refractivity contribution in [2.45, 2.75) is 40.5 Å². The monoisotopic (exact) mass is 148 g/mol. The predicted molar refractivity (Wildman–Crippen MR) is 45.2 cm³/mol. The van der Waals surface area contributed by atoms with E-state index in [1.807, 2.05) is 6.92 Å². The summed E-state index contributed by atoms with van der Waals surface area (Å²) in [5.41, 5.74) is 0. The molecule has 0 amide bonds. The lowest BCUT2D eigenvalue weighted by Crippen LogP contribution is -1.80. The van der Waals surface area contributed by atoms with Crippen molar-refractivity contribution < 1.29 is 9.51 Å². The molecule has 0 atom stereocenters. The van der Waals surface area contributed by atoms with Gasteiger partial charge in [-0.25, -0.2) is 0 Å². The van der Waals surface area contributed by atoms with E-state index in [0.717, 1.165) is 0 Å². The number of carbonyl (C=O) groups excluding carboxylic acids is 1. The number of hydrogen-bond donors (Lipinski definition) is 0. The van der Waals surface area contributed by atoms with Gasteiger partial charge in [-0.15, -0.1) is 0 Å². The first-order valence-electron chi connectivity index (χ1n) is 3.56. The summed E-state index contributed by atoms with van der Waals surface area (Å²) in [5.74, 6) is 0.255.